The third-order valence-electron chi connectivity index (χ3n) is 4.11. The molecule has 1 aliphatic carbocycles. The number of rotatable bonds is 7. The molecule has 1 aliphatic rings. The minimum atomic E-state index is -0.441. The van der Waals surface area contributed by atoms with Crippen molar-refractivity contribution in [2.45, 2.75) is 19.3 Å². The van der Waals surface area contributed by atoms with Crippen LogP contribution in [-0.2, 0) is 16.6 Å². The molecule has 0 spiro atoms. The number of hydrogen-bond donors (Lipinski definition) is 2. The van der Waals surface area contributed by atoms with E-state index in [2.05, 4.69) is 16.0 Å². The number of aromatic nitrogens is 2. The minimum Gasteiger partial charge on any atom is -0.490 e. The zero-order valence-electron chi connectivity index (χ0n) is 14.8. The van der Waals surface area contributed by atoms with E-state index in [1.165, 1.54) is 0 Å². The summed E-state index contributed by atoms with van der Waals surface area (Å²) in [5.74, 6) is 0.429. The molecule has 0 aliphatic heterocycles. The zero-order chi connectivity index (χ0) is 18.5. The van der Waals surface area contributed by atoms with Gasteiger partial charge >= 0.3 is 0 Å². The molecule has 1 saturated carbocycles. The highest BCUT2D eigenvalue weighted by Crippen LogP contribution is 2.47. The van der Waals surface area contributed by atoms with Gasteiger partial charge in [0.2, 0.25) is 5.91 Å². The fraction of sp³-hybridized carbons (Fsp3) is 0.389. The van der Waals surface area contributed by atoms with Gasteiger partial charge in [0.05, 0.1) is 12.8 Å². The summed E-state index contributed by atoms with van der Waals surface area (Å²) >= 11 is 0. The van der Waals surface area contributed by atoms with Gasteiger partial charge in [0.25, 0.3) is 5.91 Å². The first kappa shape index (κ1) is 17.8. The standard InChI is InChI=1S/C18H22N4O4/c1-3-25-15-6-4-5-7-16(15)26-11-17(23)20-21-18(24)14-8-13(14)12-9-19-22(2)10-12/h4-7,9-10,13-14H,3,8,11H2,1-2H3,(H,20,23)(H,21,24). The number of ether oxygens (including phenoxy) is 2. The molecule has 3 rings (SSSR count). The second kappa shape index (κ2) is 7.90. The van der Waals surface area contributed by atoms with Crippen LogP contribution < -0.4 is 20.3 Å². The van der Waals surface area contributed by atoms with E-state index in [4.69, 9.17) is 9.47 Å². The number of benzene rings is 1. The van der Waals surface area contributed by atoms with Gasteiger partial charge in [0.15, 0.2) is 18.1 Å². The van der Waals surface area contributed by atoms with Crippen molar-refractivity contribution in [3.63, 3.8) is 0 Å². The van der Waals surface area contributed by atoms with Crippen molar-refractivity contribution in [1.82, 2.24) is 20.6 Å². The van der Waals surface area contributed by atoms with E-state index in [0.717, 1.165) is 12.0 Å². The molecule has 2 amide bonds. The fourth-order valence-corrected chi connectivity index (χ4v) is 2.73. The third-order valence-corrected chi connectivity index (χ3v) is 4.11. The Balaban J connectivity index is 1.41. The van der Waals surface area contributed by atoms with Crippen LogP contribution in [0.4, 0.5) is 0 Å². The SMILES string of the molecule is CCOc1ccccc1OCC(=O)NNC(=O)C1CC1c1cnn(C)c1. The number of nitrogens with one attached hydrogen (secondary N) is 2. The highest BCUT2D eigenvalue weighted by molar-refractivity contribution is 5.86. The third kappa shape index (κ3) is 4.33. The van der Waals surface area contributed by atoms with Gasteiger partial charge in [-0.3, -0.25) is 25.1 Å². The lowest BCUT2D eigenvalue weighted by Gasteiger charge is -2.12. The van der Waals surface area contributed by atoms with Crippen LogP contribution in [0.25, 0.3) is 0 Å². The van der Waals surface area contributed by atoms with Gasteiger partial charge in [-0.25, -0.2) is 0 Å². The summed E-state index contributed by atoms with van der Waals surface area (Å²) in [5.41, 5.74) is 5.86. The van der Waals surface area contributed by atoms with E-state index in [1.54, 1.807) is 29.1 Å². The van der Waals surface area contributed by atoms with Crippen molar-refractivity contribution >= 4 is 11.8 Å². The fourth-order valence-electron chi connectivity index (χ4n) is 2.73. The van der Waals surface area contributed by atoms with E-state index >= 15 is 0 Å². The topological polar surface area (TPSA) is 94.5 Å². The lowest BCUT2D eigenvalue weighted by atomic mass is 10.2. The second-order valence-electron chi connectivity index (χ2n) is 6.10. The zero-order valence-corrected chi connectivity index (χ0v) is 14.8. The van der Waals surface area contributed by atoms with E-state index < -0.39 is 5.91 Å². The van der Waals surface area contributed by atoms with Crippen LogP contribution in [0, 0.1) is 5.92 Å². The molecule has 0 saturated heterocycles. The lowest BCUT2D eigenvalue weighted by Crippen LogP contribution is -2.44. The van der Waals surface area contributed by atoms with E-state index in [1.807, 2.05) is 26.2 Å². The van der Waals surface area contributed by atoms with Gasteiger partial charge in [-0.1, -0.05) is 12.1 Å². The number of hydrazine groups is 1. The maximum absolute atomic E-state index is 12.1. The largest absolute Gasteiger partial charge is 0.490 e. The summed E-state index contributed by atoms with van der Waals surface area (Å²) in [4.78, 5) is 24.0. The molecule has 2 unspecified atom stereocenters. The highest BCUT2D eigenvalue weighted by atomic mass is 16.5. The molecular weight excluding hydrogens is 336 g/mol. The van der Waals surface area contributed by atoms with Gasteiger partial charge in [0.1, 0.15) is 0 Å². The van der Waals surface area contributed by atoms with E-state index in [-0.39, 0.29) is 24.3 Å². The Bertz CT molecular complexity index is 789. The maximum atomic E-state index is 12.1. The molecule has 0 radical (unpaired) electrons. The molecule has 0 bridgehead atoms. The molecule has 2 aromatic rings. The Morgan fingerprint density at radius 3 is 2.62 bits per heavy atom. The Morgan fingerprint density at radius 1 is 1.23 bits per heavy atom. The van der Waals surface area contributed by atoms with Crippen molar-refractivity contribution in [3.8, 4) is 11.5 Å². The summed E-state index contributed by atoms with van der Waals surface area (Å²) in [6, 6.07) is 7.11. The quantitative estimate of drug-likeness (QED) is 0.724. The lowest BCUT2D eigenvalue weighted by molar-refractivity contribution is -0.130. The number of para-hydroxylation sites is 2. The van der Waals surface area contributed by atoms with Crippen LogP contribution in [-0.4, -0.2) is 34.8 Å². The Labute approximate surface area is 151 Å². The van der Waals surface area contributed by atoms with Crippen molar-refractivity contribution in [1.29, 1.82) is 0 Å². The number of hydrogen-bond acceptors (Lipinski definition) is 5. The van der Waals surface area contributed by atoms with Crippen LogP contribution in [0.1, 0.15) is 24.8 Å². The molecule has 1 fully saturated rings. The van der Waals surface area contributed by atoms with Gasteiger partial charge in [-0.2, -0.15) is 5.10 Å². The molecule has 1 aromatic carbocycles. The van der Waals surface area contributed by atoms with E-state index in [9.17, 15) is 9.59 Å². The van der Waals surface area contributed by atoms with Gasteiger partial charge in [-0.05, 0) is 37.0 Å². The average molecular weight is 358 g/mol. The van der Waals surface area contributed by atoms with Crippen LogP contribution >= 0.6 is 0 Å². The second-order valence-corrected chi connectivity index (χ2v) is 6.10. The van der Waals surface area contributed by atoms with Crippen molar-refractivity contribution < 1.29 is 19.1 Å². The molecule has 1 heterocycles. The van der Waals surface area contributed by atoms with Crippen LogP contribution in [0.2, 0.25) is 0 Å². The summed E-state index contributed by atoms with van der Waals surface area (Å²) in [5, 5.41) is 4.11. The van der Waals surface area contributed by atoms with Crippen molar-refractivity contribution in [2.24, 2.45) is 13.0 Å². The highest BCUT2D eigenvalue weighted by Gasteiger charge is 2.44. The monoisotopic (exact) mass is 358 g/mol. The number of carbonyl (C=O) groups excluding carboxylic acids is 2. The molecule has 138 valence electrons. The smallest absolute Gasteiger partial charge is 0.276 e. The molecule has 26 heavy (non-hydrogen) atoms. The Morgan fingerprint density at radius 2 is 1.96 bits per heavy atom. The molecule has 2 N–H and O–H groups in total. The summed E-state index contributed by atoms with van der Waals surface area (Å²) in [7, 11) is 1.84. The predicted octanol–water partition coefficient (Wildman–Crippen LogP) is 1.15. The Hall–Kier alpha value is -3.03. The molecule has 8 nitrogen and oxygen atoms in total. The van der Waals surface area contributed by atoms with Crippen LogP contribution in [0.3, 0.4) is 0 Å². The first-order valence-corrected chi connectivity index (χ1v) is 8.50. The number of amides is 2. The first-order chi connectivity index (χ1) is 12.6. The van der Waals surface area contributed by atoms with Gasteiger partial charge < -0.3 is 9.47 Å². The summed E-state index contributed by atoms with van der Waals surface area (Å²) in [6.45, 7) is 2.15. The van der Waals surface area contributed by atoms with Gasteiger partial charge in [-0.15, -0.1) is 0 Å². The molecular formula is C18H22N4O4. The normalized spacial score (nSPS) is 18.1. The van der Waals surface area contributed by atoms with Crippen LogP contribution in [0.5, 0.6) is 11.5 Å². The van der Waals surface area contributed by atoms with E-state index in [0.29, 0.717) is 18.1 Å². The predicted molar refractivity (Wildman–Crippen MR) is 93.4 cm³/mol. The molecule has 8 heteroatoms. The number of nitrogens with zero attached hydrogens (tertiary/aromatic N) is 2. The average Bonchev–Trinajstić information content (AvgIpc) is 3.33. The van der Waals surface area contributed by atoms with Gasteiger partial charge in [0, 0.05) is 19.2 Å². The summed E-state index contributed by atoms with van der Waals surface area (Å²) in [6.07, 6.45) is 4.42. The summed E-state index contributed by atoms with van der Waals surface area (Å²) < 4.78 is 12.6. The van der Waals surface area contributed by atoms with Crippen molar-refractivity contribution in [3.05, 3.63) is 42.2 Å². The number of aryl methyl sites for hydroxylation is 1. The van der Waals surface area contributed by atoms with Crippen molar-refractivity contribution in [2.75, 3.05) is 13.2 Å². The maximum Gasteiger partial charge on any atom is 0.276 e. The minimum absolute atomic E-state index is 0.140. The number of carbonyl (C=O) groups is 2. The molecule has 2 atom stereocenters. The van der Waals surface area contributed by atoms with Crippen LogP contribution in [0.15, 0.2) is 36.7 Å². The Kier molecular flexibility index (Phi) is 5.40. The first-order valence-electron chi connectivity index (χ1n) is 8.50. The molecule has 1 aromatic heterocycles.